The fraction of sp³-hybridized carbons (Fsp3) is 0.615. The molecule has 0 radical (unpaired) electrons. The summed E-state index contributed by atoms with van der Waals surface area (Å²) in [5.74, 6) is 1.42. The minimum atomic E-state index is -0.528. The Hall–Kier alpha value is -2.24. The first-order valence-electron chi connectivity index (χ1n) is 18.2. The second-order valence-corrected chi connectivity index (χ2v) is 14.0. The largest absolute Gasteiger partial charge is 0.489 e. The van der Waals surface area contributed by atoms with Crippen LogP contribution >= 0.6 is 22.9 Å². The summed E-state index contributed by atoms with van der Waals surface area (Å²) in [6.07, 6.45) is 11.6. The van der Waals surface area contributed by atoms with E-state index in [-0.39, 0.29) is 18.3 Å². The zero-order chi connectivity index (χ0) is 34.8. The number of unbranched alkanes of at least 4 members (excludes halogenated alkanes) is 4. The van der Waals surface area contributed by atoms with Crippen molar-refractivity contribution in [2.75, 3.05) is 39.6 Å². The minimum Gasteiger partial charge on any atom is -0.489 e. The Balaban J connectivity index is 1.76. The smallest absolute Gasteiger partial charge is 0.145 e. The molecule has 3 aromatic rings. The summed E-state index contributed by atoms with van der Waals surface area (Å²) >= 11 is 8.55. The van der Waals surface area contributed by atoms with Gasteiger partial charge in [-0.25, -0.2) is 4.98 Å². The molecular weight excluding hydrogens is 662 g/mol. The van der Waals surface area contributed by atoms with Crippen LogP contribution in [-0.2, 0) is 30.1 Å². The van der Waals surface area contributed by atoms with Crippen LogP contribution < -0.4 is 4.74 Å². The number of halogens is 1. The van der Waals surface area contributed by atoms with Gasteiger partial charge in [-0.3, -0.25) is 0 Å². The van der Waals surface area contributed by atoms with E-state index in [2.05, 4.69) is 40.3 Å². The SMILES string of the molecule is C=CCOc1cc(Cl)c(Cc2ncc(-c3ccco3)s2)cc1[C@@H]1O[C@H](COCCCC)[C@@H](OCCCC)[C@H](OCCCC)[C@H]1OCCCC. The van der Waals surface area contributed by atoms with Gasteiger partial charge in [0.1, 0.15) is 48.6 Å². The van der Waals surface area contributed by atoms with Crippen LogP contribution in [0.5, 0.6) is 5.75 Å². The summed E-state index contributed by atoms with van der Waals surface area (Å²) in [4.78, 5) is 5.66. The van der Waals surface area contributed by atoms with Gasteiger partial charge in [-0.05, 0) is 55.5 Å². The second kappa shape index (κ2) is 21.9. The van der Waals surface area contributed by atoms with E-state index < -0.39 is 12.2 Å². The Labute approximate surface area is 302 Å². The Bertz CT molecular complexity index is 1350. The van der Waals surface area contributed by atoms with Crippen LogP contribution in [0, 0.1) is 0 Å². The number of benzene rings is 1. The topological polar surface area (TPSA) is 81.4 Å². The molecular formula is C39H56ClNO7S. The number of hydrogen-bond donors (Lipinski definition) is 0. The van der Waals surface area contributed by atoms with E-state index in [1.54, 1.807) is 23.7 Å². The van der Waals surface area contributed by atoms with Crippen molar-refractivity contribution in [1.29, 1.82) is 0 Å². The quantitative estimate of drug-likeness (QED) is 0.0669. The molecule has 3 heterocycles. The lowest BCUT2D eigenvalue weighted by Gasteiger charge is -2.46. The predicted octanol–water partition coefficient (Wildman–Crippen LogP) is 10.0. The average Bonchev–Trinajstić information content (AvgIpc) is 3.81. The summed E-state index contributed by atoms with van der Waals surface area (Å²) in [6.45, 7) is 15.7. The van der Waals surface area contributed by atoms with E-state index in [9.17, 15) is 0 Å². The average molecular weight is 718 g/mol. The normalized spacial score (nSPS) is 20.9. The summed E-state index contributed by atoms with van der Waals surface area (Å²) in [5, 5.41) is 1.51. The van der Waals surface area contributed by atoms with Crippen LogP contribution in [0.2, 0.25) is 5.02 Å². The summed E-state index contributed by atoms with van der Waals surface area (Å²) < 4.78 is 45.3. The van der Waals surface area contributed by atoms with E-state index in [4.69, 9.17) is 49.4 Å². The Morgan fingerprint density at radius 3 is 2.22 bits per heavy atom. The third-order valence-electron chi connectivity index (χ3n) is 8.48. The van der Waals surface area contributed by atoms with Crippen LogP contribution in [0.3, 0.4) is 0 Å². The predicted molar refractivity (Wildman–Crippen MR) is 197 cm³/mol. The molecule has 1 aromatic carbocycles. The highest BCUT2D eigenvalue weighted by Crippen LogP contribution is 2.43. The van der Waals surface area contributed by atoms with Crippen LogP contribution in [0.1, 0.15) is 101 Å². The lowest BCUT2D eigenvalue weighted by Crippen LogP contribution is -2.58. The monoisotopic (exact) mass is 717 g/mol. The summed E-state index contributed by atoms with van der Waals surface area (Å²) in [5.41, 5.74) is 1.76. The first kappa shape index (κ1) is 39.5. The first-order chi connectivity index (χ1) is 24.0. The third kappa shape index (κ3) is 11.6. The fourth-order valence-electron chi connectivity index (χ4n) is 5.75. The summed E-state index contributed by atoms with van der Waals surface area (Å²) in [7, 11) is 0. The van der Waals surface area contributed by atoms with Crippen LogP contribution in [0.15, 0.2) is 53.8 Å². The van der Waals surface area contributed by atoms with E-state index in [0.717, 1.165) is 78.1 Å². The molecule has 4 rings (SSSR count). The molecule has 0 bridgehead atoms. The molecule has 5 atom stereocenters. The van der Waals surface area contributed by atoms with E-state index >= 15 is 0 Å². The van der Waals surface area contributed by atoms with E-state index in [1.807, 2.05) is 24.4 Å². The zero-order valence-corrected chi connectivity index (χ0v) is 31.4. The van der Waals surface area contributed by atoms with E-state index in [0.29, 0.717) is 56.8 Å². The number of ether oxygens (including phenoxy) is 6. The molecule has 272 valence electrons. The van der Waals surface area contributed by atoms with Crippen LogP contribution in [0.4, 0.5) is 0 Å². The van der Waals surface area contributed by atoms with Gasteiger partial charge in [-0.2, -0.15) is 0 Å². The lowest BCUT2D eigenvalue weighted by atomic mass is 9.89. The zero-order valence-electron chi connectivity index (χ0n) is 29.8. The van der Waals surface area contributed by atoms with Crippen molar-refractivity contribution >= 4 is 22.9 Å². The number of nitrogens with zero attached hydrogens (tertiary/aromatic N) is 1. The molecule has 8 nitrogen and oxygen atoms in total. The van der Waals surface area contributed by atoms with Crippen molar-refractivity contribution < 1.29 is 32.8 Å². The number of rotatable bonds is 24. The number of aromatic nitrogens is 1. The van der Waals surface area contributed by atoms with Crippen LogP contribution in [-0.4, -0.2) is 69.0 Å². The maximum absolute atomic E-state index is 7.07. The standard InChI is InChI=1S/C39H56ClNO7S/c1-6-11-18-42-27-33-37(45-19-12-7-2)39(47-21-14-9-4)38(46-20-13-8-3)36(48-33)29-23-28(30(40)25-32(29)43-17-10-5)24-35-41-26-34(49-35)31-16-15-22-44-31/h10,15-16,22-23,25-26,33,36-39H,5-9,11-14,17-21,24,27H2,1-4H3/t33-,36+,37-,38+,39+/m1/s1. The van der Waals surface area contributed by atoms with Crippen molar-refractivity contribution in [3.63, 3.8) is 0 Å². The molecule has 0 spiro atoms. The highest BCUT2D eigenvalue weighted by molar-refractivity contribution is 7.15. The summed E-state index contributed by atoms with van der Waals surface area (Å²) in [6, 6.07) is 7.79. The highest BCUT2D eigenvalue weighted by atomic mass is 35.5. The van der Waals surface area contributed by atoms with Gasteiger partial charge >= 0.3 is 0 Å². The maximum Gasteiger partial charge on any atom is 0.145 e. The molecule has 0 aliphatic carbocycles. The lowest BCUT2D eigenvalue weighted by molar-refractivity contribution is -0.268. The van der Waals surface area contributed by atoms with Crippen molar-refractivity contribution in [1.82, 2.24) is 4.98 Å². The van der Waals surface area contributed by atoms with Gasteiger partial charge in [-0.15, -0.1) is 11.3 Å². The molecule has 10 heteroatoms. The highest BCUT2D eigenvalue weighted by Gasteiger charge is 2.49. The molecule has 1 fully saturated rings. The fourth-order valence-corrected chi connectivity index (χ4v) is 6.88. The van der Waals surface area contributed by atoms with E-state index in [1.165, 1.54) is 0 Å². The van der Waals surface area contributed by atoms with Gasteiger partial charge in [0.2, 0.25) is 0 Å². The van der Waals surface area contributed by atoms with Gasteiger partial charge in [0, 0.05) is 49.6 Å². The molecule has 0 saturated carbocycles. The minimum absolute atomic E-state index is 0.318. The molecule has 0 N–H and O–H groups in total. The molecule has 49 heavy (non-hydrogen) atoms. The maximum atomic E-state index is 7.07. The molecule has 0 amide bonds. The van der Waals surface area contributed by atoms with Crippen molar-refractivity contribution in [2.24, 2.45) is 0 Å². The van der Waals surface area contributed by atoms with Gasteiger partial charge in [0.15, 0.2) is 0 Å². The van der Waals surface area contributed by atoms with Gasteiger partial charge in [0.05, 0.1) is 22.8 Å². The second-order valence-electron chi connectivity index (χ2n) is 12.4. The molecule has 1 saturated heterocycles. The van der Waals surface area contributed by atoms with Crippen molar-refractivity contribution in [3.8, 4) is 16.4 Å². The Morgan fingerprint density at radius 1 is 0.898 bits per heavy atom. The first-order valence-corrected chi connectivity index (χ1v) is 19.4. The third-order valence-corrected chi connectivity index (χ3v) is 9.85. The number of furan rings is 1. The molecule has 1 aliphatic heterocycles. The Kier molecular flexibility index (Phi) is 17.6. The van der Waals surface area contributed by atoms with Gasteiger partial charge in [-0.1, -0.05) is 77.6 Å². The van der Waals surface area contributed by atoms with Crippen LogP contribution in [0.25, 0.3) is 10.6 Å². The molecule has 1 aliphatic rings. The van der Waals surface area contributed by atoms with Gasteiger partial charge < -0.3 is 32.8 Å². The van der Waals surface area contributed by atoms with Gasteiger partial charge in [0.25, 0.3) is 0 Å². The van der Waals surface area contributed by atoms with Crippen molar-refractivity contribution in [2.45, 2.75) is 116 Å². The number of thiazole rings is 1. The Morgan fingerprint density at radius 2 is 1.57 bits per heavy atom. The molecule has 2 aromatic heterocycles. The van der Waals surface area contributed by atoms with Crippen molar-refractivity contribution in [3.05, 3.63) is 70.5 Å². The molecule has 0 unspecified atom stereocenters. The number of hydrogen-bond acceptors (Lipinski definition) is 9.